The molecule has 3 rings (SSSR count). The smallest absolute Gasteiger partial charge is 0.411 e. The van der Waals surface area contributed by atoms with Gasteiger partial charge in [0.25, 0.3) is 0 Å². The van der Waals surface area contributed by atoms with E-state index < -0.39 is 6.09 Å². The molecule has 27 heavy (non-hydrogen) atoms. The molecule has 2 aromatic carbocycles. The first-order valence-corrected chi connectivity index (χ1v) is 10.1. The number of carbonyl (C=O) groups is 1. The lowest BCUT2D eigenvalue weighted by Crippen LogP contribution is -2.17. The first kappa shape index (κ1) is 19.3. The Morgan fingerprint density at radius 1 is 1.15 bits per heavy atom. The molecular weight excluding hydrogens is 426 g/mol. The van der Waals surface area contributed by atoms with Gasteiger partial charge in [0.15, 0.2) is 0 Å². The van der Waals surface area contributed by atoms with Crippen LogP contribution in [0.5, 0.6) is 0 Å². The number of nitrogens with two attached hydrogens (primary N) is 1. The van der Waals surface area contributed by atoms with Gasteiger partial charge in [0.05, 0.1) is 28.3 Å². The third-order valence-corrected chi connectivity index (χ3v) is 5.48. The van der Waals surface area contributed by atoms with Crippen LogP contribution in [0.4, 0.5) is 27.5 Å². The second-order valence-corrected chi connectivity index (χ2v) is 8.29. The number of halogens is 1. The van der Waals surface area contributed by atoms with E-state index in [1.165, 1.54) is 4.88 Å². The molecule has 0 saturated carbocycles. The predicted molar refractivity (Wildman–Crippen MR) is 116 cm³/mol. The van der Waals surface area contributed by atoms with Crippen molar-refractivity contribution in [3.63, 3.8) is 0 Å². The first-order valence-electron chi connectivity index (χ1n) is 8.47. The fourth-order valence-electron chi connectivity index (χ4n) is 2.64. The van der Waals surface area contributed by atoms with Gasteiger partial charge >= 0.3 is 6.09 Å². The maximum Gasteiger partial charge on any atom is 0.411 e. The molecule has 0 fully saturated rings. The number of amides is 1. The van der Waals surface area contributed by atoms with E-state index in [1.807, 2.05) is 36.4 Å². The lowest BCUT2D eigenvalue weighted by atomic mass is 10.2. The highest BCUT2D eigenvalue weighted by atomic mass is 79.9. The number of nitrogen functional groups attached to an aromatic ring is 1. The van der Waals surface area contributed by atoms with Crippen LogP contribution in [-0.2, 0) is 11.3 Å². The van der Waals surface area contributed by atoms with Gasteiger partial charge in [-0.3, -0.25) is 5.32 Å². The third-order valence-electron chi connectivity index (χ3n) is 3.87. The number of para-hydroxylation sites is 1. The van der Waals surface area contributed by atoms with Crippen LogP contribution in [0.25, 0.3) is 0 Å². The van der Waals surface area contributed by atoms with Gasteiger partial charge in [-0.1, -0.05) is 18.2 Å². The van der Waals surface area contributed by atoms with E-state index in [2.05, 4.69) is 44.3 Å². The first-order chi connectivity index (χ1) is 13.1. The summed E-state index contributed by atoms with van der Waals surface area (Å²) in [5.41, 5.74) is 9.19. The number of benzene rings is 2. The number of thiophene rings is 1. The normalized spacial score (nSPS) is 10.4. The maximum absolute atomic E-state index is 11.6. The number of carbonyl (C=O) groups excluding carboxylic acids is 1. The second kappa shape index (κ2) is 8.92. The highest BCUT2D eigenvalue weighted by Gasteiger charge is 2.14. The molecule has 140 valence electrons. The summed E-state index contributed by atoms with van der Waals surface area (Å²) in [6, 6.07) is 19.9. The van der Waals surface area contributed by atoms with Gasteiger partial charge in [-0.25, -0.2) is 4.79 Å². The van der Waals surface area contributed by atoms with E-state index in [-0.39, 0.29) is 0 Å². The molecule has 0 saturated heterocycles. The summed E-state index contributed by atoms with van der Waals surface area (Å²) < 4.78 is 6.01. The van der Waals surface area contributed by atoms with Crippen LogP contribution < -0.4 is 16.0 Å². The molecule has 0 aliphatic carbocycles. The van der Waals surface area contributed by atoms with E-state index in [9.17, 15) is 4.79 Å². The average molecular weight is 446 g/mol. The summed E-state index contributed by atoms with van der Waals surface area (Å²) in [6.07, 6.45) is -0.514. The molecule has 7 heteroatoms. The highest BCUT2D eigenvalue weighted by Crippen LogP contribution is 2.33. The Morgan fingerprint density at radius 3 is 2.56 bits per heavy atom. The Bertz CT molecular complexity index is 915. The molecule has 0 atom stereocenters. The van der Waals surface area contributed by atoms with Crippen LogP contribution in [0.2, 0.25) is 0 Å². The Morgan fingerprint density at radius 2 is 1.93 bits per heavy atom. The molecule has 0 spiro atoms. The number of ether oxygens (including phenoxy) is 1. The highest BCUT2D eigenvalue weighted by molar-refractivity contribution is 9.11. The molecule has 0 bridgehead atoms. The van der Waals surface area contributed by atoms with Crippen molar-refractivity contribution in [1.82, 2.24) is 0 Å². The van der Waals surface area contributed by atoms with E-state index >= 15 is 0 Å². The molecule has 0 unspecified atom stereocenters. The summed E-state index contributed by atoms with van der Waals surface area (Å²) in [4.78, 5) is 15.0. The number of nitrogens with zero attached hydrogens (tertiary/aromatic N) is 1. The quantitative estimate of drug-likeness (QED) is 0.456. The number of anilines is 4. The predicted octanol–water partition coefficient (Wildman–Crippen LogP) is 6.00. The fraction of sp³-hybridized carbons (Fsp3) is 0.150. The van der Waals surface area contributed by atoms with Crippen LogP contribution in [-0.4, -0.2) is 12.7 Å². The average Bonchev–Trinajstić information content (AvgIpc) is 3.07. The minimum Gasteiger partial charge on any atom is -0.450 e. The molecule has 5 nitrogen and oxygen atoms in total. The van der Waals surface area contributed by atoms with Gasteiger partial charge in [-0.15, -0.1) is 11.3 Å². The van der Waals surface area contributed by atoms with Crippen LogP contribution in [0.3, 0.4) is 0 Å². The molecule has 3 N–H and O–H groups in total. The van der Waals surface area contributed by atoms with Crippen molar-refractivity contribution in [2.75, 3.05) is 22.6 Å². The van der Waals surface area contributed by atoms with Crippen molar-refractivity contribution in [1.29, 1.82) is 0 Å². The Labute approximate surface area is 170 Å². The van der Waals surface area contributed by atoms with Crippen LogP contribution in [0, 0.1) is 0 Å². The molecule has 1 heterocycles. The molecule has 0 aliphatic heterocycles. The SMILES string of the molecule is CCOC(=O)Nc1ccc(N(Cc2ccc(Br)s2)c2ccccc2)cc1N. The summed E-state index contributed by atoms with van der Waals surface area (Å²) in [6.45, 7) is 2.78. The Kier molecular flexibility index (Phi) is 6.36. The zero-order valence-electron chi connectivity index (χ0n) is 14.8. The van der Waals surface area contributed by atoms with Crippen molar-refractivity contribution in [2.45, 2.75) is 13.5 Å². The molecule has 1 amide bonds. The summed E-state index contributed by atoms with van der Waals surface area (Å²) in [5.74, 6) is 0. The zero-order valence-corrected chi connectivity index (χ0v) is 17.2. The Hall–Kier alpha value is -2.51. The van der Waals surface area contributed by atoms with Crippen LogP contribution in [0.15, 0.2) is 64.5 Å². The van der Waals surface area contributed by atoms with Gasteiger partial charge in [0.2, 0.25) is 0 Å². The standard InChI is InChI=1S/C20H20BrN3O2S/c1-2-26-20(25)23-18-10-8-15(12-17(18)22)24(14-6-4-3-5-7-14)13-16-9-11-19(21)27-16/h3-12H,2,13,22H2,1H3,(H,23,25). The van der Waals surface area contributed by atoms with E-state index in [1.54, 1.807) is 24.3 Å². The van der Waals surface area contributed by atoms with Crippen molar-refractivity contribution >= 4 is 56.1 Å². The zero-order chi connectivity index (χ0) is 19.2. The third kappa shape index (κ3) is 5.02. The summed E-state index contributed by atoms with van der Waals surface area (Å²) in [7, 11) is 0. The fourth-order valence-corrected chi connectivity index (χ4v) is 4.11. The van der Waals surface area contributed by atoms with Crippen molar-refractivity contribution in [3.8, 4) is 0 Å². The lowest BCUT2D eigenvalue weighted by Gasteiger charge is -2.25. The van der Waals surface area contributed by atoms with Crippen molar-refractivity contribution < 1.29 is 9.53 Å². The number of hydrogen-bond donors (Lipinski definition) is 2. The van der Waals surface area contributed by atoms with E-state index in [4.69, 9.17) is 10.5 Å². The van der Waals surface area contributed by atoms with E-state index in [0.29, 0.717) is 24.5 Å². The molecular formula is C20H20BrN3O2S. The van der Waals surface area contributed by atoms with Gasteiger partial charge in [-0.2, -0.15) is 0 Å². The summed E-state index contributed by atoms with van der Waals surface area (Å²) >= 11 is 5.22. The van der Waals surface area contributed by atoms with Crippen LogP contribution in [0.1, 0.15) is 11.8 Å². The molecule has 0 aliphatic rings. The van der Waals surface area contributed by atoms with E-state index in [0.717, 1.165) is 15.2 Å². The molecule has 0 radical (unpaired) electrons. The summed E-state index contributed by atoms with van der Waals surface area (Å²) in [5, 5.41) is 2.66. The van der Waals surface area contributed by atoms with Gasteiger partial charge < -0.3 is 15.4 Å². The van der Waals surface area contributed by atoms with Crippen molar-refractivity contribution in [3.05, 3.63) is 69.3 Å². The lowest BCUT2D eigenvalue weighted by molar-refractivity contribution is 0.168. The second-order valence-electron chi connectivity index (χ2n) is 5.74. The minimum atomic E-state index is -0.514. The number of rotatable bonds is 6. The van der Waals surface area contributed by atoms with Gasteiger partial charge in [-0.05, 0) is 65.3 Å². The monoisotopic (exact) mass is 445 g/mol. The number of hydrogen-bond acceptors (Lipinski definition) is 5. The van der Waals surface area contributed by atoms with Crippen molar-refractivity contribution in [2.24, 2.45) is 0 Å². The van der Waals surface area contributed by atoms with Gasteiger partial charge in [0, 0.05) is 16.3 Å². The minimum absolute atomic E-state index is 0.308. The number of nitrogens with one attached hydrogen (secondary N) is 1. The molecule has 3 aromatic rings. The van der Waals surface area contributed by atoms with Gasteiger partial charge in [0.1, 0.15) is 0 Å². The van der Waals surface area contributed by atoms with Crippen LogP contribution >= 0.6 is 27.3 Å². The Balaban J connectivity index is 1.90. The largest absolute Gasteiger partial charge is 0.450 e. The molecule has 1 aromatic heterocycles. The maximum atomic E-state index is 11.6. The topological polar surface area (TPSA) is 67.6 Å².